The zero-order valence-electron chi connectivity index (χ0n) is 13.5. The Kier molecular flexibility index (Phi) is 5.20. The Labute approximate surface area is 145 Å². The van der Waals surface area contributed by atoms with E-state index in [9.17, 15) is 18.5 Å². The number of anilines is 1. The molecule has 0 unspecified atom stereocenters. The summed E-state index contributed by atoms with van der Waals surface area (Å²) in [5, 5.41) is 19.2. The van der Waals surface area contributed by atoms with Crippen molar-refractivity contribution in [2.75, 3.05) is 44.8 Å². The molecule has 2 saturated heterocycles. The molecule has 138 valence electrons. The van der Waals surface area contributed by atoms with Gasteiger partial charge in [0.15, 0.2) is 0 Å². The van der Waals surface area contributed by atoms with E-state index in [4.69, 9.17) is 14.6 Å². The molecule has 0 radical (unpaired) electrons. The first kappa shape index (κ1) is 18.0. The molecule has 3 N–H and O–H groups in total. The molecule has 0 aliphatic carbocycles. The van der Waals surface area contributed by atoms with Crippen LogP contribution in [0.25, 0.3) is 0 Å². The third-order valence-corrected chi connectivity index (χ3v) is 5.23. The van der Waals surface area contributed by atoms with E-state index in [1.165, 1.54) is 12.1 Å². The first-order valence-corrected chi connectivity index (χ1v) is 9.38. The number of nitrogens with one attached hydrogen (secondary N) is 1. The summed E-state index contributed by atoms with van der Waals surface area (Å²) in [5.41, 5.74) is -0.114. The van der Waals surface area contributed by atoms with Crippen molar-refractivity contribution in [3.8, 4) is 0 Å². The second-order valence-electron chi connectivity index (χ2n) is 6.04. The highest BCUT2D eigenvalue weighted by atomic mass is 32.2. The fourth-order valence-electron chi connectivity index (χ4n) is 2.84. The summed E-state index contributed by atoms with van der Waals surface area (Å²) in [6.07, 6.45) is -0.119. The van der Waals surface area contributed by atoms with Gasteiger partial charge in [-0.05, 0) is 12.1 Å². The number of morpholine rings is 1. The quantitative estimate of drug-likeness (QED) is 0.515. The Morgan fingerprint density at radius 1 is 1.40 bits per heavy atom. The molecule has 0 amide bonds. The summed E-state index contributed by atoms with van der Waals surface area (Å²) in [6.45, 7) is 3.97. The number of nitrogens with two attached hydrogens (primary N) is 1. The lowest BCUT2D eigenvalue weighted by atomic mass is 10.1. The molecule has 2 heterocycles. The number of hydrogen-bond donors (Lipinski definition) is 2. The van der Waals surface area contributed by atoms with E-state index in [2.05, 4.69) is 10.2 Å². The van der Waals surface area contributed by atoms with Gasteiger partial charge in [0.1, 0.15) is 5.69 Å². The minimum Gasteiger partial charge on any atom is -0.378 e. The maximum absolute atomic E-state index is 11.4. The van der Waals surface area contributed by atoms with Crippen LogP contribution in [0.5, 0.6) is 0 Å². The summed E-state index contributed by atoms with van der Waals surface area (Å²) in [6, 6.07) is 3.95. The van der Waals surface area contributed by atoms with E-state index >= 15 is 0 Å². The molecule has 0 bridgehead atoms. The number of sulfonamides is 1. The highest BCUT2D eigenvalue weighted by molar-refractivity contribution is 7.89. The number of hydrogen-bond acceptors (Lipinski definition) is 8. The van der Waals surface area contributed by atoms with Crippen LogP contribution in [0.15, 0.2) is 23.1 Å². The molecule has 0 saturated carbocycles. The van der Waals surface area contributed by atoms with E-state index in [1.807, 2.05) is 0 Å². The molecular formula is C14H20N4O6S. The lowest BCUT2D eigenvalue weighted by Crippen LogP contribution is -2.56. The van der Waals surface area contributed by atoms with E-state index < -0.39 is 14.9 Å². The lowest BCUT2D eigenvalue weighted by Gasteiger charge is -2.42. The van der Waals surface area contributed by atoms with Crippen LogP contribution in [-0.2, 0) is 19.5 Å². The molecule has 25 heavy (non-hydrogen) atoms. The third-order valence-electron chi connectivity index (χ3n) is 4.32. The second kappa shape index (κ2) is 7.22. The number of nitrogens with zero attached hydrogens (tertiary/aromatic N) is 2. The smallest absolute Gasteiger partial charge is 0.293 e. The number of rotatable bonds is 6. The molecule has 0 spiro atoms. The fourth-order valence-corrected chi connectivity index (χ4v) is 3.38. The number of nitro groups is 1. The molecule has 0 aromatic heterocycles. The molecule has 2 aliphatic rings. The maximum Gasteiger partial charge on any atom is 0.293 e. The van der Waals surface area contributed by atoms with Crippen molar-refractivity contribution >= 4 is 21.4 Å². The molecular weight excluding hydrogens is 352 g/mol. The lowest BCUT2D eigenvalue weighted by molar-refractivity contribution is -0.384. The molecule has 11 heteroatoms. The van der Waals surface area contributed by atoms with Crippen molar-refractivity contribution in [3.05, 3.63) is 28.3 Å². The van der Waals surface area contributed by atoms with E-state index in [0.717, 1.165) is 25.8 Å². The summed E-state index contributed by atoms with van der Waals surface area (Å²) >= 11 is 0. The third kappa shape index (κ3) is 4.25. The predicted octanol–water partition coefficient (Wildman–Crippen LogP) is -0.246. The van der Waals surface area contributed by atoms with E-state index in [0.29, 0.717) is 25.7 Å². The normalized spacial score (nSPS) is 22.4. The van der Waals surface area contributed by atoms with Crippen molar-refractivity contribution in [2.24, 2.45) is 5.14 Å². The highest BCUT2D eigenvalue weighted by Crippen LogP contribution is 2.27. The van der Waals surface area contributed by atoms with Crippen LogP contribution in [0.4, 0.5) is 11.4 Å². The van der Waals surface area contributed by atoms with Crippen LogP contribution in [0, 0.1) is 10.1 Å². The second-order valence-corrected chi connectivity index (χ2v) is 7.60. The Bertz CT molecular complexity index is 752. The van der Waals surface area contributed by atoms with Gasteiger partial charge >= 0.3 is 0 Å². The van der Waals surface area contributed by atoms with Crippen molar-refractivity contribution in [3.63, 3.8) is 0 Å². The highest BCUT2D eigenvalue weighted by Gasteiger charge is 2.31. The van der Waals surface area contributed by atoms with Crippen LogP contribution < -0.4 is 10.5 Å². The van der Waals surface area contributed by atoms with Gasteiger partial charge in [0.05, 0.1) is 41.8 Å². The van der Waals surface area contributed by atoms with Gasteiger partial charge in [-0.3, -0.25) is 15.0 Å². The van der Waals surface area contributed by atoms with Crippen LogP contribution in [-0.4, -0.2) is 69.8 Å². The number of nitro benzene ring substituents is 1. The number of benzene rings is 1. The summed E-state index contributed by atoms with van der Waals surface area (Å²) < 4.78 is 33.6. The van der Waals surface area contributed by atoms with Crippen molar-refractivity contribution in [2.45, 2.75) is 17.0 Å². The van der Waals surface area contributed by atoms with Crippen LogP contribution in [0.1, 0.15) is 0 Å². The van der Waals surface area contributed by atoms with E-state index in [1.54, 1.807) is 0 Å². The van der Waals surface area contributed by atoms with Gasteiger partial charge in [-0.2, -0.15) is 0 Å². The van der Waals surface area contributed by atoms with Gasteiger partial charge < -0.3 is 14.8 Å². The van der Waals surface area contributed by atoms with Crippen molar-refractivity contribution < 1.29 is 22.8 Å². The van der Waals surface area contributed by atoms with Gasteiger partial charge in [-0.25, -0.2) is 13.6 Å². The zero-order valence-corrected chi connectivity index (χ0v) is 14.3. The summed E-state index contributed by atoms with van der Waals surface area (Å²) in [5.74, 6) is 0. The Balaban J connectivity index is 1.66. The van der Waals surface area contributed by atoms with Gasteiger partial charge in [-0.1, -0.05) is 0 Å². The van der Waals surface area contributed by atoms with Crippen molar-refractivity contribution in [1.82, 2.24) is 4.90 Å². The largest absolute Gasteiger partial charge is 0.378 e. The van der Waals surface area contributed by atoms with Crippen molar-refractivity contribution in [1.29, 1.82) is 0 Å². The minimum atomic E-state index is -4.00. The average molecular weight is 372 g/mol. The van der Waals surface area contributed by atoms with E-state index in [-0.39, 0.29) is 22.4 Å². The number of primary sulfonamides is 1. The molecule has 2 aliphatic heterocycles. The first-order valence-electron chi connectivity index (χ1n) is 7.83. The van der Waals surface area contributed by atoms with Crippen LogP contribution >= 0.6 is 0 Å². The van der Waals surface area contributed by atoms with Gasteiger partial charge in [0, 0.05) is 25.7 Å². The monoisotopic (exact) mass is 372 g/mol. The Hall–Kier alpha value is -1.79. The number of ether oxygens (including phenoxy) is 2. The first-order chi connectivity index (χ1) is 11.8. The molecule has 1 aromatic carbocycles. The van der Waals surface area contributed by atoms with Crippen LogP contribution in [0.3, 0.4) is 0 Å². The maximum atomic E-state index is 11.4. The molecule has 1 aromatic rings. The Morgan fingerprint density at radius 2 is 2.16 bits per heavy atom. The molecule has 1 atom stereocenters. The topological polar surface area (TPSA) is 137 Å². The minimum absolute atomic E-state index is 0.119. The fraction of sp³-hybridized carbons (Fsp3) is 0.571. The average Bonchev–Trinajstić information content (AvgIpc) is 2.50. The van der Waals surface area contributed by atoms with Gasteiger partial charge in [0.25, 0.3) is 5.69 Å². The van der Waals surface area contributed by atoms with Crippen LogP contribution in [0.2, 0.25) is 0 Å². The van der Waals surface area contributed by atoms with Gasteiger partial charge in [0.2, 0.25) is 10.0 Å². The molecule has 3 rings (SSSR count). The van der Waals surface area contributed by atoms with Gasteiger partial charge in [-0.15, -0.1) is 0 Å². The molecule has 2 fully saturated rings. The SMILES string of the molecule is NS(=O)(=O)c1ccc(NC[C@H]2CN(C3COC3)CCO2)c([N+](=O)[O-])c1. The Morgan fingerprint density at radius 3 is 2.76 bits per heavy atom. The summed E-state index contributed by atoms with van der Waals surface area (Å²) in [7, 11) is -4.00. The summed E-state index contributed by atoms with van der Waals surface area (Å²) in [4.78, 5) is 12.6. The molecule has 10 nitrogen and oxygen atoms in total. The standard InChI is InChI=1S/C14H20N4O6S/c15-25(21,22)12-1-2-13(14(5-12)18(19)20)16-6-11-7-17(3-4-24-11)10-8-23-9-10/h1-2,5,10-11,16H,3-4,6-9H2,(H2,15,21,22)/t11-/m0/s1. The zero-order chi connectivity index (χ0) is 18.0. The predicted molar refractivity (Wildman–Crippen MR) is 88.9 cm³/mol.